The van der Waals surface area contributed by atoms with Crippen molar-refractivity contribution in [2.45, 2.75) is 25.3 Å². The van der Waals surface area contributed by atoms with Crippen molar-refractivity contribution >= 4 is 17.6 Å². The first kappa shape index (κ1) is 14.0. The molecule has 0 spiro atoms. The Hall–Kier alpha value is -2.38. The number of rotatable bonds is 6. The van der Waals surface area contributed by atoms with Crippen LogP contribution in [-0.2, 0) is 11.8 Å². The highest BCUT2D eigenvalue weighted by Gasteiger charge is 2.34. The number of aryl methyl sites for hydroxylation is 1. The third-order valence-electron chi connectivity index (χ3n) is 3.24. The molecule has 0 saturated heterocycles. The van der Waals surface area contributed by atoms with Crippen LogP contribution in [0.2, 0.25) is 0 Å². The minimum Gasteiger partial charge on any atom is -0.481 e. The van der Waals surface area contributed by atoms with Crippen LogP contribution in [0.1, 0.15) is 29.8 Å². The number of aromatic nitrogens is 1. The predicted octanol–water partition coefficient (Wildman–Crippen LogP) is 1.01. The van der Waals surface area contributed by atoms with Crippen LogP contribution in [0.5, 0.6) is 0 Å². The van der Waals surface area contributed by atoms with Crippen molar-refractivity contribution < 1.29 is 19.6 Å². The maximum atomic E-state index is 12.4. The fourth-order valence-corrected chi connectivity index (χ4v) is 2.06. The van der Waals surface area contributed by atoms with E-state index in [4.69, 9.17) is 5.11 Å². The molecule has 20 heavy (non-hydrogen) atoms. The molecule has 0 aliphatic heterocycles. The Balaban J connectivity index is 2.18. The van der Waals surface area contributed by atoms with E-state index in [2.05, 4.69) is 0 Å². The van der Waals surface area contributed by atoms with Gasteiger partial charge in [0, 0.05) is 25.7 Å². The van der Waals surface area contributed by atoms with E-state index in [0.29, 0.717) is 0 Å². The molecular formula is C12H15N3O5. The van der Waals surface area contributed by atoms with Crippen LogP contribution >= 0.6 is 0 Å². The summed E-state index contributed by atoms with van der Waals surface area (Å²) in [7, 11) is 1.56. The zero-order chi connectivity index (χ0) is 14.9. The van der Waals surface area contributed by atoms with Gasteiger partial charge in [0.25, 0.3) is 11.6 Å². The van der Waals surface area contributed by atoms with Crippen LogP contribution in [0.15, 0.2) is 12.3 Å². The van der Waals surface area contributed by atoms with E-state index in [9.17, 15) is 19.7 Å². The van der Waals surface area contributed by atoms with E-state index in [0.717, 1.165) is 12.8 Å². The Bertz CT molecular complexity index is 561. The normalized spacial score (nSPS) is 14.1. The molecule has 8 nitrogen and oxygen atoms in total. The first-order valence-electron chi connectivity index (χ1n) is 6.23. The summed E-state index contributed by atoms with van der Waals surface area (Å²) in [6.45, 7) is 0.123. The number of nitro groups is 1. The summed E-state index contributed by atoms with van der Waals surface area (Å²) in [5, 5.41) is 19.4. The van der Waals surface area contributed by atoms with Crippen LogP contribution < -0.4 is 0 Å². The zero-order valence-corrected chi connectivity index (χ0v) is 11.0. The molecule has 1 amide bonds. The summed E-state index contributed by atoms with van der Waals surface area (Å²) in [6, 6.07) is 1.27. The second kappa shape index (κ2) is 5.32. The number of hydrogen-bond donors (Lipinski definition) is 1. The van der Waals surface area contributed by atoms with E-state index in [1.54, 1.807) is 7.05 Å². The Morgan fingerprint density at radius 1 is 1.55 bits per heavy atom. The smallest absolute Gasteiger partial charge is 0.305 e. The predicted molar refractivity (Wildman–Crippen MR) is 68.4 cm³/mol. The maximum absolute atomic E-state index is 12.4. The Morgan fingerprint density at radius 3 is 2.65 bits per heavy atom. The minimum absolute atomic E-state index is 0.0517. The van der Waals surface area contributed by atoms with Gasteiger partial charge in [0.1, 0.15) is 5.69 Å². The van der Waals surface area contributed by atoms with Crippen LogP contribution in [0.25, 0.3) is 0 Å². The highest BCUT2D eigenvalue weighted by Crippen LogP contribution is 2.29. The molecule has 0 unspecified atom stereocenters. The van der Waals surface area contributed by atoms with Gasteiger partial charge in [-0.3, -0.25) is 19.7 Å². The zero-order valence-electron chi connectivity index (χ0n) is 11.0. The van der Waals surface area contributed by atoms with E-state index in [-0.39, 0.29) is 36.3 Å². The summed E-state index contributed by atoms with van der Waals surface area (Å²) in [5.74, 6) is -1.33. The molecule has 0 aromatic carbocycles. The molecule has 0 bridgehead atoms. The molecule has 1 aromatic heterocycles. The average molecular weight is 281 g/mol. The van der Waals surface area contributed by atoms with Gasteiger partial charge in [-0.25, -0.2) is 0 Å². The van der Waals surface area contributed by atoms with Crippen molar-refractivity contribution in [3.63, 3.8) is 0 Å². The van der Waals surface area contributed by atoms with Gasteiger partial charge in [0.2, 0.25) is 0 Å². The number of carbonyl (C=O) groups excluding carboxylic acids is 1. The fourth-order valence-electron chi connectivity index (χ4n) is 2.06. The van der Waals surface area contributed by atoms with Gasteiger partial charge in [-0.15, -0.1) is 0 Å². The summed E-state index contributed by atoms with van der Waals surface area (Å²) in [6.07, 6.45) is 2.83. The van der Waals surface area contributed by atoms with Crippen molar-refractivity contribution in [3.8, 4) is 0 Å². The van der Waals surface area contributed by atoms with Gasteiger partial charge in [-0.05, 0) is 12.8 Å². The molecule has 1 saturated carbocycles. The number of hydrogen-bond acceptors (Lipinski definition) is 4. The van der Waals surface area contributed by atoms with Crippen LogP contribution in [0.3, 0.4) is 0 Å². The molecule has 0 radical (unpaired) electrons. The standard InChI is InChI=1S/C12H15N3O5/c1-13-7-9(15(19)20)6-10(13)12(18)14(8-2-3-8)5-4-11(16)17/h6-8H,2-5H2,1H3,(H,16,17). The summed E-state index contributed by atoms with van der Waals surface area (Å²) < 4.78 is 1.40. The van der Waals surface area contributed by atoms with Crippen LogP contribution in [0, 0.1) is 10.1 Å². The molecule has 0 atom stereocenters. The largest absolute Gasteiger partial charge is 0.481 e. The Labute approximate surface area is 114 Å². The lowest BCUT2D eigenvalue weighted by Crippen LogP contribution is -2.35. The summed E-state index contributed by atoms with van der Waals surface area (Å²) in [5.41, 5.74) is 0.0545. The molecule has 1 N–H and O–H groups in total. The third-order valence-corrected chi connectivity index (χ3v) is 3.24. The van der Waals surface area contributed by atoms with Crippen LogP contribution in [-0.4, -0.2) is 44.0 Å². The molecule has 1 fully saturated rings. The minimum atomic E-state index is -0.971. The molecule has 1 heterocycles. The molecule has 108 valence electrons. The van der Waals surface area contributed by atoms with E-state index in [1.165, 1.54) is 21.7 Å². The van der Waals surface area contributed by atoms with E-state index < -0.39 is 10.9 Å². The average Bonchev–Trinajstić information content (AvgIpc) is 3.11. The van der Waals surface area contributed by atoms with Gasteiger partial charge in [0.15, 0.2) is 0 Å². The van der Waals surface area contributed by atoms with Crippen LogP contribution in [0.4, 0.5) is 5.69 Å². The highest BCUT2D eigenvalue weighted by atomic mass is 16.6. The third kappa shape index (κ3) is 2.95. The maximum Gasteiger partial charge on any atom is 0.305 e. The second-order valence-electron chi connectivity index (χ2n) is 4.83. The number of carboxylic acids is 1. The second-order valence-corrected chi connectivity index (χ2v) is 4.83. The molecule has 1 aliphatic carbocycles. The van der Waals surface area contributed by atoms with Gasteiger partial charge in [-0.2, -0.15) is 0 Å². The van der Waals surface area contributed by atoms with Crippen molar-refractivity contribution in [2.75, 3.05) is 6.54 Å². The number of carboxylic acid groups (broad SMARTS) is 1. The molecule has 1 aliphatic rings. The topological polar surface area (TPSA) is 106 Å². The fraction of sp³-hybridized carbons (Fsp3) is 0.500. The van der Waals surface area contributed by atoms with Gasteiger partial charge >= 0.3 is 5.97 Å². The summed E-state index contributed by atoms with van der Waals surface area (Å²) >= 11 is 0. The lowest BCUT2D eigenvalue weighted by Gasteiger charge is -2.21. The number of nitrogens with zero attached hydrogens (tertiary/aromatic N) is 3. The molecule has 1 aromatic rings. The van der Waals surface area contributed by atoms with E-state index >= 15 is 0 Å². The van der Waals surface area contributed by atoms with Crippen molar-refractivity contribution in [1.82, 2.24) is 9.47 Å². The molecule has 2 rings (SSSR count). The van der Waals surface area contributed by atoms with E-state index in [1.807, 2.05) is 0 Å². The van der Waals surface area contributed by atoms with Gasteiger partial charge in [0.05, 0.1) is 17.5 Å². The first-order valence-corrected chi connectivity index (χ1v) is 6.23. The van der Waals surface area contributed by atoms with Crippen molar-refractivity contribution in [2.24, 2.45) is 7.05 Å². The Kier molecular flexibility index (Phi) is 3.73. The first-order chi connectivity index (χ1) is 9.40. The molecular weight excluding hydrogens is 266 g/mol. The molecule has 8 heteroatoms. The number of aliphatic carboxylic acids is 1. The summed E-state index contributed by atoms with van der Waals surface area (Å²) in [4.78, 5) is 34.7. The lowest BCUT2D eigenvalue weighted by atomic mass is 10.3. The number of amides is 1. The van der Waals surface area contributed by atoms with Crippen molar-refractivity contribution in [3.05, 3.63) is 28.1 Å². The highest BCUT2D eigenvalue weighted by molar-refractivity contribution is 5.94. The van der Waals surface area contributed by atoms with Gasteiger partial charge < -0.3 is 14.6 Å². The van der Waals surface area contributed by atoms with Crippen molar-refractivity contribution in [1.29, 1.82) is 0 Å². The quantitative estimate of drug-likeness (QED) is 0.618. The lowest BCUT2D eigenvalue weighted by molar-refractivity contribution is -0.384. The van der Waals surface area contributed by atoms with Gasteiger partial charge in [-0.1, -0.05) is 0 Å². The Morgan fingerprint density at radius 2 is 2.20 bits per heavy atom. The number of carbonyl (C=O) groups is 2. The monoisotopic (exact) mass is 281 g/mol. The SMILES string of the molecule is Cn1cc([N+](=O)[O-])cc1C(=O)N(CCC(=O)O)C1CC1.